The Kier molecular flexibility index (Phi) is 5.09. The van der Waals surface area contributed by atoms with Crippen molar-refractivity contribution in [3.8, 4) is 0 Å². The number of aryl methyl sites for hydroxylation is 1. The van der Waals surface area contributed by atoms with Gasteiger partial charge in [-0.1, -0.05) is 0 Å². The molecule has 0 aliphatic rings. The molecule has 0 unspecified atom stereocenters. The standard InChI is InChI=1S/C12H19BrN2O/c1-4-15(5-6-16-3)12-7-9(2)11(14)8-10(12)13/h7-8H,4-6,14H2,1-3H3. The summed E-state index contributed by atoms with van der Waals surface area (Å²) in [5.74, 6) is 0. The minimum absolute atomic E-state index is 0.726. The third-order valence-electron chi connectivity index (χ3n) is 2.62. The molecular formula is C12H19BrN2O. The van der Waals surface area contributed by atoms with Crippen LogP contribution in [0.1, 0.15) is 12.5 Å². The maximum Gasteiger partial charge on any atom is 0.0637 e. The van der Waals surface area contributed by atoms with Crippen LogP contribution < -0.4 is 10.6 Å². The van der Waals surface area contributed by atoms with Gasteiger partial charge in [-0.25, -0.2) is 0 Å². The van der Waals surface area contributed by atoms with Gasteiger partial charge in [0, 0.05) is 30.4 Å². The van der Waals surface area contributed by atoms with Gasteiger partial charge in [0.05, 0.1) is 12.3 Å². The first-order chi connectivity index (χ1) is 7.60. The molecule has 1 aromatic carbocycles. The van der Waals surface area contributed by atoms with Crippen LogP contribution in [0, 0.1) is 6.92 Å². The summed E-state index contributed by atoms with van der Waals surface area (Å²) in [7, 11) is 1.72. The molecule has 0 heterocycles. The van der Waals surface area contributed by atoms with E-state index >= 15 is 0 Å². The van der Waals surface area contributed by atoms with E-state index in [1.807, 2.05) is 13.0 Å². The van der Waals surface area contributed by atoms with Crippen molar-refractivity contribution in [3.05, 3.63) is 22.2 Å². The molecule has 0 radical (unpaired) electrons. The molecule has 0 aliphatic carbocycles. The molecule has 0 spiro atoms. The number of anilines is 2. The van der Waals surface area contributed by atoms with Crippen LogP contribution in [0.5, 0.6) is 0 Å². The molecule has 0 saturated carbocycles. The van der Waals surface area contributed by atoms with Gasteiger partial charge in [-0.05, 0) is 47.5 Å². The third kappa shape index (κ3) is 3.12. The second kappa shape index (κ2) is 6.11. The van der Waals surface area contributed by atoms with Crippen molar-refractivity contribution < 1.29 is 4.74 Å². The Morgan fingerprint density at radius 2 is 2.12 bits per heavy atom. The molecule has 0 aliphatic heterocycles. The number of nitrogens with two attached hydrogens (primary N) is 1. The smallest absolute Gasteiger partial charge is 0.0637 e. The van der Waals surface area contributed by atoms with Crippen molar-refractivity contribution >= 4 is 27.3 Å². The molecule has 3 nitrogen and oxygen atoms in total. The van der Waals surface area contributed by atoms with E-state index in [0.29, 0.717) is 0 Å². The van der Waals surface area contributed by atoms with Crippen molar-refractivity contribution in [2.24, 2.45) is 0 Å². The largest absolute Gasteiger partial charge is 0.398 e. The minimum atomic E-state index is 0.726. The molecule has 0 aromatic heterocycles. The highest BCUT2D eigenvalue weighted by Gasteiger charge is 2.10. The Morgan fingerprint density at radius 3 is 2.69 bits per heavy atom. The fraction of sp³-hybridized carbons (Fsp3) is 0.500. The molecule has 1 aromatic rings. The van der Waals surface area contributed by atoms with Gasteiger partial charge in [0.1, 0.15) is 0 Å². The van der Waals surface area contributed by atoms with E-state index in [-0.39, 0.29) is 0 Å². The van der Waals surface area contributed by atoms with Crippen molar-refractivity contribution in [3.63, 3.8) is 0 Å². The predicted octanol–water partition coefficient (Wildman–Crippen LogP) is 2.81. The first kappa shape index (κ1) is 13.3. The number of hydrogen-bond acceptors (Lipinski definition) is 3. The second-order valence-electron chi connectivity index (χ2n) is 3.73. The average molecular weight is 287 g/mol. The third-order valence-corrected chi connectivity index (χ3v) is 3.26. The van der Waals surface area contributed by atoms with Crippen LogP contribution in [0.4, 0.5) is 11.4 Å². The number of rotatable bonds is 5. The van der Waals surface area contributed by atoms with Gasteiger partial charge in [0.2, 0.25) is 0 Å². The summed E-state index contributed by atoms with van der Waals surface area (Å²) in [6.45, 7) is 6.72. The predicted molar refractivity (Wildman–Crippen MR) is 73.1 cm³/mol. The number of hydrogen-bond donors (Lipinski definition) is 1. The van der Waals surface area contributed by atoms with Gasteiger partial charge in [-0.15, -0.1) is 0 Å². The molecule has 16 heavy (non-hydrogen) atoms. The highest BCUT2D eigenvalue weighted by atomic mass is 79.9. The Labute approximate surface area is 106 Å². The molecule has 0 fully saturated rings. The van der Waals surface area contributed by atoms with E-state index in [1.165, 1.54) is 5.69 Å². The Balaban J connectivity index is 2.95. The van der Waals surface area contributed by atoms with Crippen LogP contribution in [0.25, 0.3) is 0 Å². The Bertz CT molecular complexity index is 355. The van der Waals surface area contributed by atoms with Gasteiger partial charge in [-0.3, -0.25) is 0 Å². The number of likely N-dealkylation sites (N-methyl/N-ethyl adjacent to an activating group) is 1. The van der Waals surface area contributed by atoms with E-state index in [2.05, 4.69) is 33.8 Å². The number of benzene rings is 1. The summed E-state index contributed by atoms with van der Waals surface area (Å²) < 4.78 is 6.14. The van der Waals surface area contributed by atoms with Crippen LogP contribution in [0.2, 0.25) is 0 Å². The SMILES string of the molecule is CCN(CCOC)c1cc(C)c(N)cc1Br. The number of nitrogen functional groups attached to an aromatic ring is 1. The number of nitrogens with zero attached hydrogens (tertiary/aromatic N) is 1. The Morgan fingerprint density at radius 1 is 1.44 bits per heavy atom. The summed E-state index contributed by atoms with van der Waals surface area (Å²) in [5, 5.41) is 0. The molecular weight excluding hydrogens is 268 g/mol. The van der Waals surface area contributed by atoms with Crippen molar-refractivity contribution in [2.45, 2.75) is 13.8 Å². The minimum Gasteiger partial charge on any atom is -0.398 e. The molecule has 90 valence electrons. The monoisotopic (exact) mass is 286 g/mol. The molecule has 0 bridgehead atoms. The summed E-state index contributed by atoms with van der Waals surface area (Å²) in [6, 6.07) is 4.07. The molecule has 0 amide bonds. The average Bonchev–Trinajstić information content (AvgIpc) is 2.26. The van der Waals surface area contributed by atoms with E-state index in [9.17, 15) is 0 Å². The van der Waals surface area contributed by atoms with E-state index in [0.717, 1.165) is 35.4 Å². The topological polar surface area (TPSA) is 38.5 Å². The fourth-order valence-electron chi connectivity index (χ4n) is 1.57. The van der Waals surface area contributed by atoms with Crippen LogP contribution in [0.3, 0.4) is 0 Å². The number of halogens is 1. The first-order valence-corrected chi connectivity index (χ1v) is 6.19. The van der Waals surface area contributed by atoms with Crippen LogP contribution >= 0.6 is 15.9 Å². The molecule has 0 atom stereocenters. The van der Waals surface area contributed by atoms with Gasteiger partial charge >= 0.3 is 0 Å². The lowest BCUT2D eigenvalue weighted by Gasteiger charge is -2.24. The molecule has 4 heteroatoms. The summed E-state index contributed by atoms with van der Waals surface area (Å²) >= 11 is 3.55. The van der Waals surface area contributed by atoms with Crippen molar-refractivity contribution in [1.82, 2.24) is 0 Å². The van der Waals surface area contributed by atoms with Gasteiger partial charge < -0.3 is 15.4 Å². The first-order valence-electron chi connectivity index (χ1n) is 5.39. The van der Waals surface area contributed by atoms with Crippen LogP contribution in [0.15, 0.2) is 16.6 Å². The maximum absolute atomic E-state index is 5.86. The zero-order chi connectivity index (χ0) is 12.1. The normalized spacial score (nSPS) is 10.5. The summed E-state index contributed by atoms with van der Waals surface area (Å²) in [6.07, 6.45) is 0. The highest BCUT2D eigenvalue weighted by Crippen LogP contribution is 2.30. The van der Waals surface area contributed by atoms with Crippen molar-refractivity contribution in [2.75, 3.05) is 37.4 Å². The van der Waals surface area contributed by atoms with Crippen LogP contribution in [-0.2, 0) is 4.74 Å². The summed E-state index contributed by atoms with van der Waals surface area (Å²) in [5.41, 5.74) is 8.95. The maximum atomic E-state index is 5.86. The lowest BCUT2D eigenvalue weighted by Crippen LogP contribution is -2.27. The lowest BCUT2D eigenvalue weighted by molar-refractivity contribution is 0.205. The van der Waals surface area contributed by atoms with Gasteiger partial charge in [-0.2, -0.15) is 0 Å². The van der Waals surface area contributed by atoms with Gasteiger partial charge in [0.25, 0.3) is 0 Å². The lowest BCUT2D eigenvalue weighted by atomic mass is 10.1. The number of methoxy groups -OCH3 is 1. The molecule has 0 saturated heterocycles. The second-order valence-corrected chi connectivity index (χ2v) is 4.59. The quantitative estimate of drug-likeness (QED) is 0.846. The molecule has 2 N–H and O–H groups in total. The highest BCUT2D eigenvalue weighted by molar-refractivity contribution is 9.10. The zero-order valence-electron chi connectivity index (χ0n) is 10.1. The van der Waals surface area contributed by atoms with E-state index in [4.69, 9.17) is 10.5 Å². The zero-order valence-corrected chi connectivity index (χ0v) is 11.7. The van der Waals surface area contributed by atoms with Crippen molar-refractivity contribution in [1.29, 1.82) is 0 Å². The van der Waals surface area contributed by atoms with Gasteiger partial charge in [0.15, 0.2) is 0 Å². The van der Waals surface area contributed by atoms with E-state index in [1.54, 1.807) is 7.11 Å². The number of ether oxygens (including phenoxy) is 1. The summed E-state index contributed by atoms with van der Waals surface area (Å²) in [4.78, 5) is 2.26. The van der Waals surface area contributed by atoms with E-state index < -0.39 is 0 Å². The Hall–Kier alpha value is -0.740. The fourth-order valence-corrected chi connectivity index (χ4v) is 2.19. The van der Waals surface area contributed by atoms with Crippen LogP contribution in [-0.4, -0.2) is 26.8 Å². The molecule has 1 rings (SSSR count).